The van der Waals surface area contributed by atoms with Gasteiger partial charge in [0.25, 0.3) is 0 Å². The van der Waals surface area contributed by atoms with Gasteiger partial charge in [0.05, 0.1) is 11.8 Å². The molecular weight excluding hydrogens is 162 g/mol. The SMILES string of the molecule is CCC(C)C(O)c1ccc(C)cn1. The highest BCUT2D eigenvalue weighted by Gasteiger charge is 2.15. The molecule has 0 aliphatic rings. The molecule has 13 heavy (non-hydrogen) atoms. The second-order valence-electron chi connectivity index (χ2n) is 3.59. The van der Waals surface area contributed by atoms with Crippen molar-refractivity contribution in [1.82, 2.24) is 4.98 Å². The summed E-state index contributed by atoms with van der Waals surface area (Å²) < 4.78 is 0. The van der Waals surface area contributed by atoms with Crippen LogP contribution < -0.4 is 0 Å². The van der Waals surface area contributed by atoms with E-state index in [0.717, 1.165) is 17.7 Å². The molecular formula is C11H17NO. The maximum absolute atomic E-state index is 9.82. The highest BCUT2D eigenvalue weighted by atomic mass is 16.3. The minimum absolute atomic E-state index is 0.273. The van der Waals surface area contributed by atoms with E-state index in [1.807, 2.05) is 26.0 Å². The van der Waals surface area contributed by atoms with Crippen molar-refractivity contribution in [2.24, 2.45) is 5.92 Å². The van der Waals surface area contributed by atoms with Crippen molar-refractivity contribution in [3.05, 3.63) is 29.6 Å². The molecule has 0 amide bonds. The fraction of sp³-hybridized carbons (Fsp3) is 0.545. The Kier molecular flexibility index (Phi) is 3.43. The third kappa shape index (κ3) is 2.52. The van der Waals surface area contributed by atoms with Crippen molar-refractivity contribution in [2.75, 3.05) is 0 Å². The van der Waals surface area contributed by atoms with Crippen LogP contribution in [0.15, 0.2) is 18.3 Å². The number of aryl methyl sites for hydroxylation is 1. The molecule has 2 heteroatoms. The zero-order valence-corrected chi connectivity index (χ0v) is 8.49. The molecule has 1 heterocycles. The molecule has 0 spiro atoms. The van der Waals surface area contributed by atoms with E-state index in [1.54, 1.807) is 6.20 Å². The molecule has 0 saturated carbocycles. The van der Waals surface area contributed by atoms with Crippen LogP contribution in [-0.2, 0) is 0 Å². The lowest BCUT2D eigenvalue weighted by atomic mass is 9.99. The normalized spacial score (nSPS) is 15.4. The second kappa shape index (κ2) is 4.38. The highest BCUT2D eigenvalue weighted by Crippen LogP contribution is 2.22. The minimum Gasteiger partial charge on any atom is -0.387 e. The van der Waals surface area contributed by atoms with Crippen molar-refractivity contribution in [2.45, 2.75) is 33.3 Å². The van der Waals surface area contributed by atoms with Crippen molar-refractivity contribution in [3.63, 3.8) is 0 Å². The van der Waals surface area contributed by atoms with Gasteiger partial charge >= 0.3 is 0 Å². The van der Waals surface area contributed by atoms with Crippen LogP contribution >= 0.6 is 0 Å². The molecule has 0 aliphatic carbocycles. The molecule has 2 unspecified atom stereocenters. The van der Waals surface area contributed by atoms with Gasteiger partial charge in [0.1, 0.15) is 0 Å². The van der Waals surface area contributed by atoms with Crippen molar-refractivity contribution in [1.29, 1.82) is 0 Å². The first-order valence-corrected chi connectivity index (χ1v) is 4.75. The van der Waals surface area contributed by atoms with E-state index in [-0.39, 0.29) is 5.92 Å². The van der Waals surface area contributed by atoms with Gasteiger partial charge in [-0.1, -0.05) is 26.3 Å². The standard InChI is InChI=1S/C11H17NO/c1-4-9(3)11(13)10-6-5-8(2)7-12-10/h5-7,9,11,13H,4H2,1-3H3. The third-order valence-electron chi connectivity index (χ3n) is 2.42. The van der Waals surface area contributed by atoms with E-state index in [1.165, 1.54) is 0 Å². The predicted octanol–water partition coefficient (Wildman–Crippen LogP) is 2.47. The minimum atomic E-state index is -0.425. The quantitative estimate of drug-likeness (QED) is 0.773. The molecule has 1 rings (SSSR count). The lowest BCUT2D eigenvalue weighted by Gasteiger charge is -2.16. The van der Waals surface area contributed by atoms with Crippen LogP contribution in [0.1, 0.15) is 37.6 Å². The summed E-state index contributed by atoms with van der Waals surface area (Å²) in [6, 6.07) is 3.88. The van der Waals surface area contributed by atoms with Gasteiger partial charge in [-0.3, -0.25) is 4.98 Å². The highest BCUT2D eigenvalue weighted by molar-refractivity contribution is 5.14. The van der Waals surface area contributed by atoms with E-state index in [2.05, 4.69) is 11.9 Å². The first-order valence-electron chi connectivity index (χ1n) is 4.75. The summed E-state index contributed by atoms with van der Waals surface area (Å²) >= 11 is 0. The van der Waals surface area contributed by atoms with Gasteiger partial charge in [-0.25, -0.2) is 0 Å². The first-order chi connectivity index (χ1) is 6.15. The number of nitrogens with zero attached hydrogens (tertiary/aromatic N) is 1. The molecule has 0 bridgehead atoms. The second-order valence-corrected chi connectivity index (χ2v) is 3.59. The van der Waals surface area contributed by atoms with E-state index in [0.29, 0.717) is 0 Å². The lowest BCUT2D eigenvalue weighted by Crippen LogP contribution is -2.09. The summed E-state index contributed by atoms with van der Waals surface area (Å²) in [5, 5.41) is 9.82. The monoisotopic (exact) mass is 179 g/mol. The smallest absolute Gasteiger partial charge is 0.0985 e. The number of hydrogen-bond donors (Lipinski definition) is 1. The summed E-state index contributed by atoms with van der Waals surface area (Å²) in [6.07, 6.45) is 2.34. The van der Waals surface area contributed by atoms with Crippen LogP contribution in [-0.4, -0.2) is 10.1 Å². The van der Waals surface area contributed by atoms with Crippen LogP contribution in [0.4, 0.5) is 0 Å². The van der Waals surface area contributed by atoms with Gasteiger partial charge in [0.15, 0.2) is 0 Å². The van der Waals surface area contributed by atoms with Gasteiger partial charge in [-0.2, -0.15) is 0 Å². The van der Waals surface area contributed by atoms with Crippen LogP contribution in [0.25, 0.3) is 0 Å². The Bertz CT molecular complexity index is 255. The van der Waals surface area contributed by atoms with Crippen LogP contribution in [0.5, 0.6) is 0 Å². The fourth-order valence-corrected chi connectivity index (χ4v) is 1.17. The zero-order valence-electron chi connectivity index (χ0n) is 8.49. The number of aliphatic hydroxyl groups excluding tert-OH is 1. The zero-order chi connectivity index (χ0) is 9.84. The van der Waals surface area contributed by atoms with Gasteiger partial charge in [-0.15, -0.1) is 0 Å². The summed E-state index contributed by atoms with van der Waals surface area (Å²) in [5.41, 5.74) is 1.90. The molecule has 0 aromatic carbocycles. The largest absolute Gasteiger partial charge is 0.387 e. The van der Waals surface area contributed by atoms with Crippen molar-refractivity contribution < 1.29 is 5.11 Å². The van der Waals surface area contributed by atoms with E-state index < -0.39 is 6.10 Å². The number of hydrogen-bond acceptors (Lipinski definition) is 2. The molecule has 0 aliphatic heterocycles. The van der Waals surface area contributed by atoms with Gasteiger partial charge < -0.3 is 5.11 Å². The molecule has 72 valence electrons. The lowest BCUT2D eigenvalue weighted by molar-refractivity contribution is 0.111. The van der Waals surface area contributed by atoms with Gasteiger partial charge in [0.2, 0.25) is 0 Å². The number of pyridine rings is 1. The molecule has 1 aromatic heterocycles. The summed E-state index contributed by atoms with van der Waals surface area (Å²) in [6.45, 7) is 6.10. The summed E-state index contributed by atoms with van der Waals surface area (Å²) in [5.74, 6) is 0.273. The number of aromatic nitrogens is 1. The average Bonchev–Trinajstić information content (AvgIpc) is 2.17. The molecule has 2 atom stereocenters. The summed E-state index contributed by atoms with van der Waals surface area (Å²) in [7, 11) is 0. The topological polar surface area (TPSA) is 33.1 Å². The van der Waals surface area contributed by atoms with Crippen LogP contribution in [0.2, 0.25) is 0 Å². The average molecular weight is 179 g/mol. The maximum Gasteiger partial charge on any atom is 0.0985 e. The molecule has 1 aromatic rings. The number of aliphatic hydroxyl groups is 1. The Hall–Kier alpha value is -0.890. The first kappa shape index (κ1) is 10.2. The maximum atomic E-state index is 9.82. The van der Waals surface area contributed by atoms with E-state index in [9.17, 15) is 5.11 Å². The fourth-order valence-electron chi connectivity index (χ4n) is 1.17. The van der Waals surface area contributed by atoms with Crippen LogP contribution in [0, 0.1) is 12.8 Å². The predicted molar refractivity (Wildman–Crippen MR) is 53.4 cm³/mol. The molecule has 1 N–H and O–H groups in total. The molecule has 2 nitrogen and oxygen atoms in total. The Morgan fingerprint density at radius 2 is 2.15 bits per heavy atom. The number of rotatable bonds is 3. The Balaban J connectivity index is 2.77. The van der Waals surface area contributed by atoms with Gasteiger partial charge in [0, 0.05) is 6.20 Å². The van der Waals surface area contributed by atoms with E-state index in [4.69, 9.17) is 0 Å². The Morgan fingerprint density at radius 1 is 1.46 bits per heavy atom. The van der Waals surface area contributed by atoms with Gasteiger partial charge in [-0.05, 0) is 24.5 Å². The van der Waals surface area contributed by atoms with Crippen molar-refractivity contribution >= 4 is 0 Å². The molecule has 0 radical (unpaired) electrons. The molecule has 0 saturated heterocycles. The third-order valence-corrected chi connectivity index (χ3v) is 2.42. The Labute approximate surface area is 79.6 Å². The van der Waals surface area contributed by atoms with Crippen molar-refractivity contribution in [3.8, 4) is 0 Å². The van der Waals surface area contributed by atoms with E-state index >= 15 is 0 Å². The summed E-state index contributed by atoms with van der Waals surface area (Å²) in [4.78, 5) is 4.20. The molecule has 0 fully saturated rings. The Morgan fingerprint density at radius 3 is 2.62 bits per heavy atom. The van der Waals surface area contributed by atoms with Crippen LogP contribution in [0.3, 0.4) is 0 Å².